The normalized spacial score (nSPS) is 22.1. The molecule has 1 aliphatic rings. The largest absolute Gasteiger partial charge is 0.481 e. The zero-order chi connectivity index (χ0) is 13.8. The Morgan fingerprint density at radius 3 is 3.05 bits per heavy atom. The van der Waals surface area contributed by atoms with E-state index in [2.05, 4.69) is 21.9 Å². The van der Waals surface area contributed by atoms with Crippen molar-refractivity contribution in [2.24, 2.45) is 0 Å². The van der Waals surface area contributed by atoms with Gasteiger partial charge in [0, 0.05) is 24.4 Å². The summed E-state index contributed by atoms with van der Waals surface area (Å²) in [5.41, 5.74) is 0.983. The van der Waals surface area contributed by atoms with Gasteiger partial charge in [-0.2, -0.15) is 0 Å². The van der Waals surface area contributed by atoms with E-state index in [-0.39, 0.29) is 0 Å². The summed E-state index contributed by atoms with van der Waals surface area (Å²) < 4.78 is 0. The second-order valence-corrected chi connectivity index (χ2v) is 5.24. The second-order valence-electron chi connectivity index (χ2n) is 5.24. The van der Waals surface area contributed by atoms with Crippen molar-refractivity contribution in [3.05, 3.63) is 23.8 Å². The van der Waals surface area contributed by atoms with Crippen LogP contribution in [0.2, 0.25) is 0 Å². The van der Waals surface area contributed by atoms with Gasteiger partial charge in [-0.15, -0.1) is 0 Å². The number of hydrogen-bond donors (Lipinski definition) is 1. The van der Waals surface area contributed by atoms with E-state index in [1.807, 2.05) is 13.0 Å². The third-order valence-corrected chi connectivity index (χ3v) is 3.76. The molecule has 0 amide bonds. The highest BCUT2D eigenvalue weighted by molar-refractivity contribution is 5.74. The van der Waals surface area contributed by atoms with Crippen LogP contribution in [0.4, 0.5) is 0 Å². The molecule has 0 aromatic carbocycles. The number of likely N-dealkylation sites (N-methyl/N-ethyl adjacent to an activating group) is 1. The average molecular weight is 263 g/mol. The molecular formula is C14H21N3O2. The van der Waals surface area contributed by atoms with Crippen LogP contribution in [-0.2, 0) is 4.79 Å². The molecular weight excluding hydrogens is 242 g/mol. The van der Waals surface area contributed by atoms with Gasteiger partial charge in [-0.3, -0.25) is 4.79 Å². The van der Waals surface area contributed by atoms with Crippen LogP contribution in [0.5, 0.6) is 0 Å². The van der Waals surface area contributed by atoms with E-state index >= 15 is 0 Å². The molecule has 5 heteroatoms. The number of nitrogens with zero attached hydrogens (tertiary/aromatic N) is 3. The van der Waals surface area contributed by atoms with E-state index in [0.717, 1.165) is 31.6 Å². The maximum Gasteiger partial charge on any atom is 0.314 e. The lowest BCUT2D eigenvalue weighted by atomic mass is 9.94. The van der Waals surface area contributed by atoms with Gasteiger partial charge in [0.1, 0.15) is 11.7 Å². The Kier molecular flexibility index (Phi) is 4.47. The molecule has 2 rings (SSSR count). The number of carbonyl (C=O) groups is 1. The Morgan fingerprint density at radius 2 is 2.42 bits per heavy atom. The fourth-order valence-electron chi connectivity index (χ4n) is 2.66. The molecule has 0 radical (unpaired) electrons. The quantitative estimate of drug-likeness (QED) is 0.898. The van der Waals surface area contributed by atoms with Crippen LogP contribution < -0.4 is 0 Å². The van der Waals surface area contributed by atoms with Crippen molar-refractivity contribution >= 4 is 5.97 Å². The highest BCUT2D eigenvalue weighted by Gasteiger charge is 2.24. The molecule has 19 heavy (non-hydrogen) atoms. The molecule has 0 spiro atoms. The topological polar surface area (TPSA) is 66.3 Å². The van der Waals surface area contributed by atoms with Crippen molar-refractivity contribution in [2.45, 2.75) is 38.0 Å². The van der Waals surface area contributed by atoms with Crippen LogP contribution in [0.3, 0.4) is 0 Å². The van der Waals surface area contributed by atoms with Crippen LogP contribution in [0, 0.1) is 0 Å². The van der Waals surface area contributed by atoms with Crippen molar-refractivity contribution in [2.75, 3.05) is 20.1 Å². The van der Waals surface area contributed by atoms with Crippen LogP contribution in [0.15, 0.2) is 12.3 Å². The van der Waals surface area contributed by atoms with E-state index in [0.29, 0.717) is 18.2 Å². The zero-order valence-corrected chi connectivity index (χ0v) is 11.5. The van der Waals surface area contributed by atoms with Crippen LogP contribution in [0.1, 0.15) is 49.5 Å². The first kappa shape index (κ1) is 13.9. The SMILES string of the molecule is CCC(C(=O)O)c1nccc(C2CCCN(C)C2)n1. The molecule has 1 N–H and O–H groups in total. The second kappa shape index (κ2) is 6.10. The molecule has 0 saturated carbocycles. The molecule has 1 saturated heterocycles. The van der Waals surface area contributed by atoms with Gasteiger partial charge in [-0.05, 0) is 38.9 Å². The van der Waals surface area contributed by atoms with Crippen LogP contribution in [-0.4, -0.2) is 46.1 Å². The predicted molar refractivity (Wildman–Crippen MR) is 72.2 cm³/mol. The summed E-state index contributed by atoms with van der Waals surface area (Å²) in [6, 6.07) is 1.92. The fourth-order valence-corrected chi connectivity index (χ4v) is 2.66. The monoisotopic (exact) mass is 263 g/mol. The summed E-state index contributed by atoms with van der Waals surface area (Å²) in [6.45, 7) is 3.96. The molecule has 1 aromatic rings. The van der Waals surface area contributed by atoms with Gasteiger partial charge < -0.3 is 10.0 Å². The van der Waals surface area contributed by atoms with E-state index in [9.17, 15) is 9.90 Å². The van der Waals surface area contributed by atoms with Gasteiger partial charge in [-0.1, -0.05) is 6.92 Å². The van der Waals surface area contributed by atoms with E-state index in [1.54, 1.807) is 6.20 Å². The summed E-state index contributed by atoms with van der Waals surface area (Å²) >= 11 is 0. The Hall–Kier alpha value is -1.49. The third kappa shape index (κ3) is 3.29. The highest BCUT2D eigenvalue weighted by atomic mass is 16.4. The Labute approximate surface area is 113 Å². The van der Waals surface area contributed by atoms with Crippen LogP contribution >= 0.6 is 0 Å². The fraction of sp³-hybridized carbons (Fsp3) is 0.643. The molecule has 2 unspecified atom stereocenters. The number of likely N-dealkylation sites (tertiary alicyclic amines) is 1. The molecule has 5 nitrogen and oxygen atoms in total. The number of rotatable bonds is 4. The lowest BCUT2D eigenvalue weighted by molar-refractivity contribution is -0.139. The van der Waals surface area contributed by atoms with Crippen molar-refractivity contribution in [3.63, 3.8) is 0 Å². The predicted octanol–water partition coefficient (Wildman–Crippen LogP) is 1.86. The first-order chi connectivity index (χ1) is 9.11. The van der Waals surface area contributed by atoms with Gasteiger partial charge >= 0.3 is 5.97 Å². The summed E-state index contributed by atoms with van der Waals surface area (Å²) in [7, 11) is 2.11. The lowest BCUT2D eigenvalue weighted by Crippen LogP contribution is -2.31. The Balaban J connectivity index is 2.21. The van der Waals surface area contributed by atoms with Crippen molar-refractivity contribution < 1.29 is 9.90 Å². The molecule has 1 fully saturated rings. The summed E-state index contributed by atoms with van der Waals surface area (Å²) in [6.07, 6.45) is 4.49. The van der Waals surface area contributed by atoms with Gasteiger partial charge in [0.15, 0.2) is 0 Å². The summed E-state index contributed by atoms with van der Waals surface area (Å²) in [5.74, 6) is -0.603. The number of aliphatic carboxylic acids is 1. The van der Waals surface area contributed by atoms with Crippen molar-refractivity contribution in [3.8, 4) is 0 Å². The summed E-state index contributed by atoms with van der Waals surface area (Å²) in [4.78, 5) is 22.1. The maximum absolute atomic E-state index is 11.2. The number of piperidine rings is 1. The molecule has 1 aromatic heterocycles. The lowest BCUT2D eigenvalue weighted by Gasteiger charge is -2.29. The molecule has 0 bridgehead atoms. The van der Waals surface area contributed by atoms with Crippen molar-refractivity contribution in [1.29, 1.82) is 0 Å². The third-order valence-electron chi connectivity index (χ3n) is 3.76. The van der Waals surface area contributed by atoms with Gasteiger partial charge in [0.25, 0.3) is 0 Å². The van der Waals surface area contributed by atoms with E-state index in [1.165, 1.54) is 0 Å². The number of carboxylic acid groups (broad SMARTS) is 1. The number of hydrogen-bond acceptors (Lipinski definition) is 4. The van der Waals surface area contributed by atoms with Gasteiger partial charge in [0.2, 0.25) is 0 Å². The number of carboxylic acids is 1. The molecule has 1 aliphatic heterocycles. The minimum Gasteiger partial charge on any atom is -0.481 e. The average Bonchev–Trinajstić information content (AvgIpc) is 2.39. The van der Waals surface area contributed by atoms with E-state index < -0.39 is 11.9 Å². The van der Waals surface area contributed by atoms with Crippen LogP contribution in [0.25, 0.3) is 0 Å². The highest BCUT2D eigenvalue weighted by Crippen LogP contribution is 2.26. The molecule has 0 aliphatic carbocycles. The first-order valence-electron chi connectivity index (χ1n) is 6.86. The minimum absolute atomic E-state index is 0.395. The summed E-state index contributed by atoms with van der Waals surface area (Å²) in [5, 5.41) is 9.18. The smallest absolute Gasteiger partial charge is 0.314 e. The van der Waals surface area contributed by atoms with Crippen molar-refractivity contribution in [1.82, 2.24) is 14.9 Å². The molecule has 2 atom stereocenters. The standard InChI is InChI=1S/C14H21N3O2/c1-3-11(14(18)19)13-15-7-6-12(16-13)10-5-4-8-17(2)9-10/h6-7,10-11H,3-5,8-9H2,1-2H3,(H,18,19). The Morgan fingerprint density at radius 1 is 1.63 bits per heavy atom. The molecule has 2 heterocycles. The molecule has 104 valence electrons. The Bertz CT molecular complexity index is 450. The first-order valence-corrected chi connectivity index (χ1v) is 6.86. The minimum atomic E-state index is -0.847. The zero-order valence-electron chi connectivity index (χ0n) is 11.5. The van der Waals surface area contributed by atoms with Gasteiger partial charge in [-0.25, -0.2) is 9.97 Å². The number of aromatic nitrogens is 2. The van der Waals surface area contributed by atoms with E-state index in [4.69, 9.17) is 0 Å². The van der Waals surface area contributed by atoms with Gasteiger partial charge in [0.05, 0.1) is 0 Å². The maximum atomic E-state index is 11.2.